The van der Waals surface area contributed by atoms with Crippen LogP contribution in [0.15, 0.2) is 24.3 Å². The number of esters is 1. The summed E-state index contributed by atoms with van der Waals surface area (Å²) in [7, 11) is 1.29. The van der Waals surface area contributed by atoms with Crippen LogP contribution in [0.2, 0.25) is 0 Å². The quantitative estimate of drug-likeness (QED) is 0.641. The number of nitrogens with two attached hydrogens (primary N) is 1. The van der Waals surface area contributed by atoms with Gasteiger partial charge in [-0.15, -0.1) is 12.4 Å². The molecule has 1 aromatic rings. The van der Waals surface area contributed by atoms with Crippen molar-refractivity contribution >= 4 is 30.0 Å². The second-order valence-corrected chi connectivity index (χ2v) is 3.58. The zero-order chi connectivity index (χ0) is 12.8. The van der Waals surface area contributed by atoms with E-state index in [1.807, 2.05) is 0 Å². The summed E-state index contributed by atoms with van der Waals surface area (Å²) < 4.78 is 4.59. The fraction of sp³-hybridized carbons (Fsp3) is 0.333. The molecule has 0 heterocycles. The van der Waals surface area contributed by atoms with Crippen LogP contribution in [0.5, 0.6) is 0 Å². The molecule has 0 aliphatic rings. The average molecular weight is 273 g/mol. The summed E-state index contributed by atoms with van der Waals surface area (Å²) in [4.78, 5) is 23.1. The van der Waals surface area contributed by atoms with E-state index in [2.05, 4.69) is 10.1 Å². The van der Waals surface area contributed by atoms with Gasteiger partial charge in [-0.2, -0.15) is 0 Å². The lowest BCUT2D eigenvalue weighted by Gasteiger charge is -2.14. The molecule has 0 radical (unpaired) electrons. The van der Waals surface area contributed by atoms with Gasteiger partial charge >= 0.3 is 5.97 Å². The SMILES string of the molecule is CCC(NC(=O)c1ccc(N)cc1)C(=O)OC.Cl. The van der Waals surface area contributed by atoms with Gasteiger partial charge in [-0.1, -0.05) is 6.92 Å². The highest BCUT2D eigenvalue weighted by Crippen LogP contribution is 2.06. The maximum Gasteiger partial charge on any atom is 0.328 e. The molecule has 100 valence electrons. The predicted octanol–water partition coefficient (Wildman–Crippen LogP) is 1.37. The molecule has 0 saturated heterocycles. The number of nitrogens with one attached hydrogen (secondary N) is 1. The van der Waals surface area contributed by atoms with E-state index < -0.39 is 12.0 Å². The topological polar surface area (TPSA) is 81.4 Å². The Balaban J connectivity index is 0.00000289. The lowest BCUT2D eigenvalue weighted by Crippen LogP contribution is -2.41. The fourth-order valence-corrected chi connectivity index (χ4v) is 1.35. The number of anilines is 1. The highest BCUT2D eigenvalue weighted by molar-refractivity contribution is 5.96. The number of nitrogen functional groups attached to an aromatic ring is 1. The smallest absolute Gasteiger partial charge is 0.328 e. The van der Waals surface area contributed by atoms with Crippen LogP contribution in [-0.2, 0) is 9.53 Å². The molecule has 18 heavy (non-hydrogen) atoms. The van der Waals surface area contributed by atoms with E-state index in [1.54, 1.807) is 31.2 Å². The van der Waals surface area contributed by atoms with Gasteiger partial charge in [0.05, 0.1) is 7.11 Å². The second kappa shape index (κ2) is 7.55. The minimum Gasteiger partial charge on any atom is -0.467 e. The van der Waals surface area contributed by atoms with Crippen molar-refractivity contribution in [3.8, 4) is 0 Å². The van der Waals surface area contributed by atoms with Crippen molar-refractivity contribution in [2.75, 3.05) is 12.8 Å². The van der Waals surface area contributed by atoms with E-state index in [4.69, 9.17) is 5.73 Å². The number of amides is 1. The number of hydrogen-bond acceptors (Lipinski definition) is 4. The molecule has 5 nitrogen and oxygen atoms in total. The summed E-state index contributed by atoms with van der Waals surface area (Å²) >= 11 is 0. The first-order chi connectivity index (χ1) is 8.08. The normalized spacial score (nSPS) is 11.0. The highest BCUT2D eigenvalue weighted by Gasteiger charge is 2.19. The molecule has 1 aromatic carbocycles. The van der Waals surface area contributed by atoms with E-state index in [0.29, 0.717) is 17.7 Å². The third kappa shape index (κ3) is 4.25. The summed E-state index contributed by atoms with van der Waals surface area (Å²) in [6.07, 6.45) is 0.480. The third-order valence-corrected chi connectivity index (χ3v) is 2.37. The van der Waals surface area contributed by atoms with Crippen molar-refractivity contribution in [2.24, 2.45) is 0 Å². The lowest BCUT2D eigenvalue weighted by atomic mass is 10.1. The van der Waals surface area contributed by atoms with Crippen LogP contribution in [0, 0.1) is 0 Å². The van der Waals surface area contributed by atoms with Crippen molar-refractivity contribution in [1.29, 1.82) is 0 Å². The number of benzene rings is 1. The standard InChI is InChI=1S/C12H16N2O3.ClH/c1-3-10(12(16)17-2)14-11(15)8-4-6-9(13)7-5-8;/h4-7,10H,3,13H2,1-2H3,(H,14,15);1H. The van der Waals surface area contributed by atoms with Gasteiger partial charge in [-0.25, -0.2) is 4.79 Å². The van der Waals surface area contributed by atoms with Crippen molar-refractivity contribution in [3.63, 3.8) is 0 Å². The van der Waals surface area contributed by atoms with Crippen LogP contribution < -0.4 is 11.1 Å². The first kappa shape index (κ1) is 16.2. The Morgan fingerprint density at radius 2 is 1.89 bits per heavy atom. The van der Waals surface area contributed by atoms with E-state index in [0.717, 1.165) is 0 Å². The number of carbonyl (C=O) groups excluding carboxylic acids is 2. The van der Waals surface area contributed by atoms with Gasteiger partial charge in [0, 0.05) is 11.3 Å². The predicted molar refractivity (Wildman–Crippen MR) is 71.7 cm³/mol. The molecule has 3 N–H and O–H groups in total. The summed E-state index contributed by atoms with van der Waals surface area (Å²) in [6.45, 7) is 1.80. The van der Waals surface area contributed by atoms with E-state index in [1.165, 1.54) is 7.11 Å². The van der Waals surface area contributed by atoms with Crippen LogP contribution in [0.4, 0.5) is 5.69 Å². The molecule has 1 atom stereocenters. The zero-order valence-electron chi connectivity index (χ0n) is 10.3. The summed E-state index contributed by atoms with van der Waals surface area (Å²) in [5.74, 6) is -0.765. The first-order valence-corrected chi connectivity index (χ1v) is 5.32. The summed E-state index contributed by atoms with van der Waals surface area (Å²) in [5.41, 5.74) is 6.56. The van der Waals surface area contributed by atoms with Gasteiger partial charge in [0.2, 0.25) is 0 Å². The van der Waals surface area contributed by atoms with Crippen LogP contribution in [-0.4, -0.2) is 25.0 Å². The molecule has 0 saturated carbocycles. The molecule has 0 aromatic heterocycles. The number of methoxy groups -OCH3 is 1. The molecule has 0 fully saturated rings. The monoisotopic (exact) mass is 272 g/mol. The highest BCUT2D eigenvalue weighted by atomic mass is 35.5. The summed E-state index contributed by atoms with van der Waals surface area (Å²) in [5, 5.41) is 2.60. The summed E-state index contributed by atoms with van der Waals surface area (Å²) in [6, 6.07) is 5.86. The van der Waals surface area contributed by atoms with Gasteiger partial charge in [0.15, 0.2) is 0 Å². The molecule has 0 aliphatic heterocycles. The van der Waals surface area contributed by atoms with Crippen molar-refractivity contribution in [3.05, 3.63) is 29.8 Å². The van der Waals surface area contributed by atoms with Crippen LogP contribution in [0.1, 0.15) is 23.7 Å². The molecule has 1 amide bonds. The van der Waals surface area contributed by atoms with E-state index in [-0.39, 0.29) is 18.3 Å². The lowest BCUT2D eigenvalue weighted by molar-refractivity contribution is -0.142. The molecule has 1 unspecified atom stereocenters. The Hall–Kier alpha value is -1.75. The maximum atomic E-state index is 11.8. The van der Waals surface area contributed by atoms with E-state index >= 15 is 0 Å². The maximum absolute atomic E-state index is 11.8. The van der Waals surface area contributed by atoms with Crippen LogP contribution in [0.3, 0.4) is 0 Å². The molecule has 6 heteroatoms. The van der Waals surface area contributed by atoms with E-state index in [9.17, 15) is 9.59 Å². The Bertz CT molecular complexity index is 406. The van der Waals surface area contributed by atoms with Crippen molar-refractivity contribution < 1.29 is 14.3 Å². The van der Waals surface area contributed by atoms with Gasteiger partial charge in [-0.05, 0) is 30.7 Å². The molecule has 0 spiro atoms. The van der Waals surface area contributed by atoms with Crippen molar-refractivity contribution in [2.45, 2.75) is 19.4 Å². The Kier molecular flexibility index (Phi) is 6.82. The van der Waals surface area contributed by atoms with Gasteiger partial charge < -0.3 is 15.8 Å². The first-order valence-electron chi connectivity index (χ1n) is 5.32. The second-order valence-electron chi connectivity index (χ2n) is 3.58. The Morgan fingerprint density at radius 3 is 2.33 bits per heavy atom. The largest absolute Gasteiger partial charge is 0.467 e. The number of carbonyl (C=O) groups is 2. The molecular weight excluding hydrogens is 256 g/mol. The fourth-order valence-electron chi connectivity index (χ4n) is 1.35. The Morgan fingerprint density at radius 1 is 1.33 bits per heavy atom. The molecule has 0 bridgehead atoms. The van der Waals surface area contributed by atoms with Crippen molar-refractivity contribution in [1.82, 2.24) is 5.32 Å². The average Bonchev–Trinajstić information content (AvgIpc) is 2.35. The Labute approximate surface area is 112 Å². The third-order valence-electron chi connectivity index (χ3n) is 2.37. The van der Waals surface area contributed by atoms with Gasteiger partial charge in [0.25, 0.3) is 5.91 Å². The van der Waals surface area contributed by atoms with Gasteiger partial charge in [-0.3, -0.25) is 4.79 Å². The zero-order valence-corrected chi connectivity index (χ0v) is 11.1. The molecule has 1 rings (SSSR count). The van der Waals surface area contributed by atoms with Crippen LogP contribution in [0.25, 0.3) is 0 Å². The molecular formula is C12H17ClN2O3. The number of hydrogen-bond donors (Lipinski definition) is 2. The van der Waals surface area contributed by atoms with Gasteiger partial charge in [0.1, 0.15) is 6.04 Å². The molecule has 0 aliphatic carbocycles. The minimum absolute atomic E-state index is 0. The number of ether oxygens (including phenoxy) is 1. The number of rotatable bonds is 4. The minimum atomic E-state index is -0.620. The number of halogens is 1. The van der Waals surface area contributed by atoms with Crippen LogP contribution >= 0.6 is 12.4 Å².